The molecule has 3 aromatic rings. The van der Waals surface area contributed by atoms with Crippen molar-refractivity contribution in [3.63, 3.8) is 0 Å². The molecule has 6 rings (SSSR count). The number of nitrogens with one attached hydrogen (secondary N) is 3. The molecule has 0 radical (unpaired) electrons. The molecule has 14 nitrogen and oxygen atoms in total. The molecule has 2 atom stereocenters. The maximum atomic E-state index is 14.8. The van der Waals surface area contributed by atoms with Gasteiger partial charge in [-0.1, -0.05) is 6.92 Å². The van der Waals surface area contributed by atoms with Crippen molar-refractivity contribution < 1.29 is 45.9 Å². The molecule has 2 aromatic carbocycles. The molecule has 0 bridgehead atoms. The van der Waals surface area contributed by atoms with Gasteiger partial charge in [0.2, 0.25) is 17.7 Å². The number of amides is 4. The Kier molecular flexibility index (Phi) is 12.9. The monoisotopic (exact) mass is 871 g/mol. The van der Waals surface area contributed by atoms with Crippen LogP contribution in [0.2, 0.25) is 0 Å². The van der Waals surface area contributed by atoms with E-state index in [1.54, 1.807) is 30.9 Å². The fraction of sp³-hybridized carbons (Fsp3) is 0.463. The van der Waals surface area contributed by atoms with Crippen LogP contribution in [-0.2, 0) is 31.8 Å². The molecule has 3 fully saturated rings. The van der Waals surface area contributed by atoms with E-state index in [1.807, 2.05) is 31.7 Å². The van der Waals surface area contributed by atoms with Crippen LogP contribution in [0.25, 0.3) is 0 Å². The maximum absolute atomic E-state index is 14.8. The standard InChI is InChI=1S/C41H46F5N9O5S/c1-6-23-15-25(55-38(61)54(37(59)40(55,4)5)26-18-27(41(44,45)46)31(19-47)48-20-26)7-9-32(23)60-14-13-52-11-12-53(39(2,3)22-52)21-34(57)50-30-17-24(16-28(42)35(30)43)49-29-8-10-33(56)51-36(29)58/h7,9,15-18,20,29,38,49,61H,6,8,10-14,21-22H2,1-5H3,(H,50,57)(H,51,56,58). The van der Waals surface area contributed by atoms with E-state index in [4.69, 9.17) is 4.74 Å². The summed E-state index contributed by atoms with van der Waals surface area (Å²) in [6.45, 7) is 11.6. The summed E-state index contributed by atoms with van der Waals surface area (Å²) in [5.41, 5.74) is -3.83. The SMILES string of the molecule is CCc1cc(N2C(S)N(c3cnc(C#N)c(C(F)(F)F)c3)C(=O)C2(C)C)ccc1OCCN1CCN(CC(=O)Nc2cc(NC3CCC(=O)NC3=O)cc(F)c2F)C(C)(C)C1. The Labute approximate surface area is 354 Å². The van der Waals surface area contributed by atoms with E-state index < -0.39 is 75.3 Å². The highest BCUT2D eigenvalue weighted by atomic mass is 32.1. The first-order chi connectivity index (χ1) is 28.6. The van der Waals surface area contributed by atoms with E-state index in [9.17, 15) is 46.4 Å². The topological polar surface area (TPSA) is 163 Å². The quantitative estimate of drug-likeness (QED) is 0.106. The number of anilines is 4. The van der Waals surface area contributed by atoms with Gasteiger partial charge in [-0.15, -0.1) is 12.6 Å². The van der Waals surface area contributed by atoms with E-state index >= 15 is 0 Å². The number of benzene rings is 2. The fourth-order valence-corrected chi connectivity index (χ4v) is 8.52. The van der Waals surface area contributed by atoms with Gasteiger partial charge in [-0.3, -0.25) is 39.2 Å². The first kappa shape index (κ1) is 45.0. The zero-order valence-electron chi connectivity index (χ0n) is 34.1. The van der Waals surface area contributed by atoms with Gasteiger partial charge in [-0.2, -0.15) is 18.4 Å². The number of halogens is 5. The molecule has 4 heterocycles. The van der Waals surface area contributed by atoms with Crippen LogP contribution in [0.1, 0.15) is 64.3 Å². The first-order valence-corrected chi connectivity index (χ1v) is 20.1. The number of aromatic nitrogens is 1. The van der Waals surface area contributed by atoms with Crippen LogP contribution in [0.5, 0.6) is 5.75 Å². The Bertz CT molecular complexity index is 2270. The lowest BCUT2D eigenvalue weighted by atomic mass is 9.98. The van der Waals surface area contributed by atoms with Crippen LogP contribution < -0.4 is 30.5 Å². The van der Waals surface area contributed by atoms with Crippen molar-refractivity contribution in [3.8, 4) is 11.8 Å². The summed E-state index contributed by atoms with van der Waals surface area (Å²) >= 11 is 4.68. The van der Waals surface area contributed by atoms with Crippen molar-refractivity contribution in [2.24, 2.45) is 0 Å². The normalized spacial score (nSPS) is 20.7. The lowest BCUT2D eigenvalue weighted by Crippen LogP contribution is -2.61. The maximum Gasteiger partial charge on any atom is 0.419 e. The number of rotatable bonds is 12. The number of imide groups is 1. The number of nitriles is 1. The van der Waals surface area contributed by atoms with Crippen LogP contribution >= 0.6 is 12.6 Å². The van der Waals surface area contributed by atoms with Crippen molar-refractivity contribution in [1.29, 1.82) is 5.26 Å². The minimum atomic E-state index is -4.86. The molecule has 0 aliphatic carbocycles. The lowest BCUT2D eigenvalue weighted by molar-refractivity contribution is -0.138. The summed E-state index contributed by atoms with van der Waals surface area (Å²) in [4.78, 5) is 61.1. The summed E-state index contributed by atoms with van der Waals surface area (Å²) in [6.07, 6.45) is -2.98. The summed E-state index contributed by atoms with van der Waals surface area (Å²) in [7, 11) is 0. The third-order valence-electron chi connectivity index (χ3n) is 11.1. The second kappa shape index (κ2) is 17.5. The number of aryl methyl sites for hydroxylation is 1. The molecule has 326 valence electrons. The second-order valence-corrected chi connectivity index (χ2v) is 16.6. The summed E-state index contributed by atoms with van der Waals surface area (Å²) in [5, 5.41) is 16.6. The van der Waals surface area contributed by atoms with Gasteiger partial charge in [0.05, 0.1) is 29.7 Å². The van der Waals surface area contributed by atoms with Crippen LogP contribution in [0, 0.1) is 23.0 Å². The molecule has 2 unspecified atom stereocenters. The van der Waals surface area contributed by atoms with Gasteiger partial charge in [0.1, 0.15) is 30.0 Å². The lowest BCUT2D eigenvalue weighted by Gasteiger charge is -2.46. The summed E-state index contributed by atoms with van der Waals surface area (Å²) in [6, 6.07) is 8.82. The molecule has 3 saturated heterocycles. The number of nitrogens with zero attached hydrogens (tertiary/aromatic N) is 6. The van der Waals surface area contributed by atoms with Crippen LogP contribution in [0.3, 0.4) is 0 Å². The van der Waals surface area contributed by atoms with Crippen LogP contribution in [0.4, 0.5) is 44.7 Å². The van der Waals surface area contributed by atoms with Gasteiger partial charge < -0.3 is 20.3 Å². The van der Waals surface area contributed by atoms with Crippen LogP contribution in [-0.4, -0.2) is 100 Å². The van der Waals surface area contributed by atoms with E-state index in [0.29, 0.717) is 50.6 Å². The molecule has 3 aliphatic heterocycles. The molecule has 0 spiro atoms. The third kappa shape index (κ3) is 9.53. The molecular formula is C41H46F5N9O5S. The number of alkyl halides is 3. The summed E-state index contributed by atoms with van der Waals surface area (Å²) < 4.78 is 76.8. The zero-order chi connectivity index (χ0) is 44.6. The van der Waals surface area contributed by atoms with Gasteiger partial charge in [-0.25, -0.2) is 13.8 Å². The largest absolute Gasteiger partial charge is 0.492 e. The Balaban J connectivity index is 1.05. The molecular weight excluding hydrogens is 826 g/mol. The van der Waals surface area contributed by atoms with E-state index in [-0.39, 0.29) is 36.4 Å². The molecule has 4 amide bonds. The molecule has 0 saturated carbocycles. The highest BCUT2D eigenvalue weighted by Crippen LogP contribution is 2.43. The van der Waals surface area contributed by atoms with Gasteiger partial charge in [-0.05, 0) is 76.4 Å². The number of pyridine rings is 1. The van der Waals surface area contributed by atoms with Gasteiger partial charge in [0.25, 0.3) is 5.91 Å². The molecule has 1 aromatic heterocycles. The molecule has 3 aliphatic rings. The predicted octanol–water partition coefficient (Wildman–Crippen LogP) is 5.29. The number of carbonyl (C=O) groups is 4. The Morgan fingerprint density at radius 1 is 1.08 bits per heavy atom. The number of carbonyl (C=O) groups excluding carboxylic acids is 4. The van der Waals surface area contributed by atoms with Crippen LogP contribution in [0.15, 0.2) is 42.6 Å². The zero-order valence-corrected chi connectivity index (χ0v) is 35.0. The van der Waals surface area contributed by atoms with E-state index in [0.717, 1.165) is 28.8 Å². The number of hydrogen-bond donors (Lipinski definition) is 4. The van der Waals surface area contributed by atoms with Crippen molar-refractivity contribution in [2.75, 3.05) is 59.8 Å². The number of ether oxygens (including phenoxy) is 1. The van der Waals surface area contributed by atoms with Gasteiger partial charge in [0.15, 0.2) is 22.8 Å². The second-order valence-electron chi connectivity index (χ2n) is 16.2. The predicted molar refractivity (Wildman–Crippen MR) is 219 cm³/mol. The average molecular weight is 872 g/mol. The number of hydrogen-bond acceptors (Lipinski definition) is 12. The smallest absolute Gasteiger partial charge is 0.419 e. The first-order valence-electron chi connectivity index (χ1n) is 19.5. The van der Waals surface area contributed by atoms with Gasteiger partial charge >= 0.3 is 6.18 Å². The highest BCUT2D eigenvalue weighted by Gasteiger charge is 2.52. The summed E-state index contributed by atoms with van der Waals surface area (Å²) in [5.74, 6) is -3.92. The Morgan fingerprint density at radius 3 is 2.48 bits per heavy atom. The van der Waals surface area contributed by atoms with Crippen molar-refractivity contribution >= 4 is 59.0 Å². The number of piperidine rings is 1. The number of thiol groups is 1. The minimum Gasteiger partial charge on any atom is -0.492 e. The van der Waals surface area contributed by atoms with E-state index in [2.05, 4.69) is 38.5 Å². The van der Waals surface area contributed by atoms with Crippen molar-refractivity contribution in [2.45, 2.75) is 82.7 Å². The minimum absolute atomic E-state index is 0.0687. The fourth-order valence-electron chi connectivity index (χ4n) is 7.86. The molecule has 3 N–H and O–H groups in total. The van der Waals surface area contributed by atoms with E-state index in [1.165, 1.54) is 12.1 Å². The highest BCUT2D eigenvalue weighted by molar-refractivity contribution is 7.81. The van der Waals surface area contributed by atoms with Crippen molar-refractivity contribution in [1.82, 2.24) is 20.1 Å². The average Bonchev–Trinajstić information content (AvgIpc) is 3.36. The molecule has 20 heteroatoms. The third-order valence-corrected chi connectivity index (χ3v) is 11.6. The van der Waals surface area contributed by atoms with Crippen molar-refractivity contribution in [3.05, 3.63) is 71.1 Å². The Morgan fingerprint density at radius 2 is 1.82 bits per heavy atom. The number of piperazine rings is 1. The Hall–Kier alpha value is -5.52. The molecule has 61 heavy (non-hydrogen) atoms. The van der Waals surface area contributed by atoms with Gasteiger partial charge in [0, 0.05) is 55.6 Å².